The van der Waals surface area contributed by atoms with Gasteiger partial charge in [0.15, 0.2) is 0 Å². The minimum atomic E-state index is 0.630. The molecular formula is C9H13NS. The second kappa shape index (κ2) is 2.61. The summed E-state index contributed by atoms with van der Waals surface area (Å²) in [7, 11) is 2.20. The van der Waals surface area contributed by atoms with Crippen LogP contribution >= 0.6 is 11.3 Å². The molecule has 0 radical (unpaired) electrons. The third-order valence-corrected chi connectivity index (χ3v) is 3.58. The molecule has 1 atom stereocenters. The summed E-state index contributed by atoms with van der Waals surface area (Å²) in [6.45, 7) is 3.50. The van der Waals surface area contributed by atoms with E-state index in [-0.39, 0.29) is 0 Å². The van der Waals surface area contributed by atoms with Crippen molar-refractivity contribution in [2.24, 2.45) is 0 Å². The molecule has 11 heavy (non-hydrogen) atoms. The largest absolute Gasteiger partial charge is 0.299 e. The lowest BCUT2D eigenvalue weighted by molar-refractivity contribution is 0.250. The van der Waals surface area contributed by atoms with E-state index in [1.807, 2.05) is 11.3 Å². The van der Waals surface area contributed by atoms with Crippen LogP contribution in [-0.4, -0.2) is 18.5 Å². The Kier molecular flexibility index (Phi) is 1.74. The zero-order valence-electron chi connectivity index (χ0n) is 7.00. The average molecular weight is 167 g/mol. The molecule has 1 nitrogen and oxygen atoms in total. The van der Waals surface area contributed by atoms with Crippen LogP contribution in [0.2, 0.25) is 0 Å². The zero-order chi connectivity index (χ0) is 7.84. The van der Waals surface area contributed by atoms with E-state index in [0.717, 1.165) is 0 Å². The van der Waals surface area contributed by atoms with Crippen LogP contribution in [0.5, 0.6) is 0 Å². The lowest BCUT2D eigenvalue weighted by atomic mass is 10.0. The molecule has 1 aliphatic heterocycles. The lowest BCUT2D eigenvalue weighted by Crippen LogP contribution is -2.29. The van der Waals surface area contributed by atoms with Gasteiger partial charge in [-0.3, -0.25) is 4.90 Å². The third kappa shape index (κ3) is 1.10. The van der Waals surface area contributed by atoms with Gasteiger partial charge in [-0.05, 0) is 37.4 Å². The minimum Gasteiger partial charge on any atom is -0.299 e. The van der Waals surface area contributed by atoms with Gasteiger partial charge in [-0.25, -0.2) is 0 Å². The molecule has 0 amide bonds. The van der Waals surface area contributed by atoms with Gasteiger partial charge in [0.2, 0.25) is 0 Å². The number of hydrogen-bond acceptors (Lipinski definition) is 2. The van der Waals surface area contributed by atoms with E-state index in [2.05, 4.69) is 30.3 Å². The highest BCUT2D eigenvalue weighted by Gasteiger charge is 2.20. The lowest BCUT2D eigenvalue weighted by Gasteiger charge is -2.29. The van der Waals surface area contributed by atoms with E-state index >= 15 is 0 Å². The van der Waals surface area contributed by atoms with Crippen LogP contribution in [0, 0.1) is 0 Å². The van der Waals surface area contributed by atoms with Crippen molar-refractivity contribution in [2.45, 2.75) is 19.4 Å². The van der Waals surface area contributed by atoms with Gasteiger partial charge in [-0.2, -0.15) is 0 Å². The summed E-state index contributed by atoms with van der Waals surface area (Å²) < 4.78 is 0. The topological polar surface area (TPSA) is 3.24 Å². The van der Waals surface area contributed by atoms with Crippen molar-refractivity contribution in [1.29, 1.82) is 0 Å². The fourth-order valence-corrected chi connectivity index (χ4v) is 2.60. The first-order valence-electron chi connectivity index (χ1n) is 4.05. The van der Waals surface area contributed by atoms with Crippen molar-refractivity contribution in [2.75, 3.05) is 13.6 Å². The van der Waals surface area contributed by atoms with Gasteiger partial charge in [-0.15, -0.1) is 11.3 Å². The van der Waals surface area contributed by atoms with Crippen LogP contribution in [0.3, 0.4) is 0 Å². The molecule has 2 rings (SSSR count). The molecule has 0 spiro atoms. The molecule has 1 aliphatic rings. The first-order valence-corrected chi connectivity index (χ1v) is 4.93. The van der Waals surface area contributed by atoms with Gasteiger partial charge in [0.05, 0.1) is 0 Å². The smallest absolute Gasteiger partial charge is 0.0327 e. The molecule has 1 aromatic heterocycles. The summed E-state index contributed by atoms with van der Waals surface area (Å²) in [6, 6.07) is 2.89. The molecule has 0 fully saturated rings. The Balaban J connectivity index is 2.38. The Hall–Kier alpha value is -0.340. The van der Waals surface area contributed by atoms with Crippen LogP contribution in [0.4, 0.5) is 0 Å². The van der Waals surface area contributed by atoms with Crippen molar-refractivity contribution < 1.29 is 0 Å². The first kappa shape index (κ1) is 7.32. The van der Waals surface area contributed by atoms with Crippen LogP contribution in [0.1, 0.15) is 23.4 Å². The molecular weight excluding hydrogens is 154 g/mol. The van der Waals surface area contributed by atoms with Crippen molar-refractivity contribution in [3.05, 3.63) is 21.9 Å². The van der Waals surface area contributed by atoms with E-state index in [4.69, 9.17) is 0 Å². The number of nitrogens with zero attached hydrogens (tertiary/aromatic N) is 1. The molecule has 1 aromatic rings. The molecule has 2 heteroatoms. The Morgan fingerprint density at radius 2 is 2.45 bits per heavy atom. The molecule has 0 saturated carbocycles. The Labute approximate surface area is 71.7 Å². The number of hydrogen-bond donors (Lipinski definition) is 0. The van der Waals surface area contributed by atoms with Crippen molar-refractivity contribution in [3.8, 4) is 0 Å². The van der Waals surface area contributed by atoms with Crippen LogP contribution in [0.15, 0.2) is 11.4 Å². The summed E-state index contributed by atoms with van der Waals surface area (Å²) in [5.41, 5.74) is 1.55. The van der Waals surface area contributed by atoms with Crippen molar-refractivity contribution in [1.82, 2.24) is 4.90 Å². The molecule has 0 saturated heterocycles. The highest BCUT2D eigenvalue weighted by Crippen LogP contribution is 2.31. The standard InChI is InChI=1S/C9H13NS/c1-7-8-4-6-11-9(8)3-5-10(7)2/h4,6-7H,3,5H2,1-2H3/t7-/m1/s1. The second-order valence-corrected chi connectivity index (χ2v) is 4.21. The van der Waals surface area contributed by atoms with Crippen molar-refractivity contribution >= 4 is 11.3 Å². The number of rotatable bonds is 0. The summed E-state index contributed by atoms with van der Waals surface area (Å²) >= 11 is 1.90. The highest BCUT2D eigenvalue weighted by atomic mass is 32.1. The SMILES string of the molecule is C[C@@H]1c2ccsc2CCN1C. The normalized spacial score (nSPS) is 25.1. The van der Waals surface area contributed by atoms with Gasteiger partial charge < -0.3 is 0 Å². The summed E-state index contributed by atoms with van der Waals surface area (Å²) in [6.07, 6.45) is 1.24. The number of fused-ring (bicyclic) bond motifs is 1. The molecule has 0 unspecified atom stereocenters. The van der Waals surface area contributed by atoms with E-state index in [1.54, 1.807) is 10.4 Å². The van der Waals surface area contributed by atoms with Crippen LogP contribution in [0.25, 0.3) is 0 Å². The average Bonchev–Trinajstić information content (AvgIpc) is 2.45. The van der Waals surface area contributed by atoms with Gasteiger partial charge in [0.25, 0.3) is 0 Å². The summed E-state index contributed by atoms with van der Waals surface area (Å²) in [5, 5.41) is 2.21. The molecule has 0 N–H and O–H groups in total. The zero-order valence-corrected chi connectivity index (χ0v) is 7.82. The fraction of sp³-hybridized carbons (Fsp3) is 0.556. The fourth-order valence-electron chi connectivity index (χ4n) is 1.63. The molecule has 0 aromatic carbocycles. The number of likely N-dealkylation sites (N-methyl/N-ethyl adjacent to an activating group) is 1. The predicted molar refractivity (Wildman–Crippen MR) is 49.1 cm³/mol. The van der Waals surface area contributed by atoms with E-state index in [0.29, 0.717) is 6.04 Å². The molecule has 0 aliphatic carbocycles. The van der Waals surface area contributed by atoms with Gasteiger partial charge in [0, 0.05) is 17.5 Å². The van der Waals surface area contributed by atoms with Gasteiger partial charge >= 0.3 is 0 Å². The highest BCUT2D eigenvalue weighted by molar-refractivity contribution is 7.10. The molecule has 60 valence electrons. The van der Waals surface area contributed by atoms with Crippen LogP contribution < -0.4 is 0 Å². The summed E-state index contributed by atoms with van der Waals surface area (Å²) in [4.78, 5) is 4.00. The third-order valence-electron chi connectivity index (χ3n) is 2.58. The molecule has 2 heterocycles. The first-order chi connectivity index (χ1) is 5.29. The predicted octanol–water partition coefficient (Wildman–Crippen LogP) is 2.30. The maximum absolute atomic E-state index is 2.41. The Morgan fingerprint density at radius 1 is 1.64 bits per heavy atom. The van der Waals surface area contributed by atoms with E-state index < -0.39 is 0 Å². The number of thiophene rings is 1. The van der Waals surface area contributed by atoms with Gasteiger partial charge in [0.1, 0.15) is 0 Å². The Bertz CT molecular complexity index is 254. The maximum Gasteiger partial charge on any atom is 0.0327 e. The maximum atomic E-state index is 2.41. The quantitative estimate of drug-likeness (QED) is 0.573. The van der Waals surface area contributed by atoms with E-state index in [9.17, 15) is 0 Å². The van der Waals surface area contributed by atoms with Crippen molar-refractivity contribution in [3.63, 3.8) is 0 Å². The minimum absolute atomic E-state index is 0.630. The Morgan fingerprint density at radius 3 is 3.27 bits per heavy atom. The van der Waals surface area contributed by atoms with Crippen LogP contribution in [-0.2, 0) is 6.42 Å². The summed E-state index contributed by atoms with van der Waals surface area (Å²) in [5.74, 6) is 0. The van der Waals surface area contributed by atoms with Gasteiger partial charge in [-0.1, -0.05) is 0 Å². The molecule has 0 bridgehead atoms. The second-order valence-electron chi connectivity index (χ2n) is 3.21. The monoisotopic (exact) mass is 167 g/mol. The van der Waals surface area contributed by atoms with E-state index in [1.165, 1.54) is 13.0 Å².